The Bertz CT molecular complexity index is 654. The Labute approximate surface area is 133 Å². The first-order valence-electron chi connectivity index (χ1n) is 7.47. The summed E-state index contributed by atoms with van der Waals surface area (Å²) in [7, 11) is 0. The van der Waals surface area contributed by atoms with E-state index in [0.29, 0.717) is 24.7 Å². The van der Waals surface area contributed by atoms with Crippen LogP contribution in [0.15, 0.2) is 34.7 Å². The predicted octanol–water partition coefficient (Wildman–Crippen LogP) is 1.99. The van der Waals surface area contributed by atoms with Crippen molar-refractivity contribution in [2.75, 3.05) is 13.1 Å². The van der Waals surface area contributed by atoms with Gasteiger partial charge < -0.3 is 14.4 Å². The van der Waals surface area contributed by atoms with Crippen molar-refractivity contribution >= 4 is 11.9 Å². The number of aryl methyl sites for hydroxylation is 1. The predicted molar refractivity (Wildman–Crippen MR) is 82.6 cm³/mol. The molecule has 0 aliphatic rings. The fourth-order valence-corrected chi connectivity index (χ4v) is 2.11. The van der Waals surface area contributed by atoms with Crippen LogP contribution < -0.4 is 0 Å². The Morgan fingerprint density at radius 3 is 2.57 bits per heavy atom. The topological polar surface area (TPSA) is 96.5 Å². The highest BCUT2D eigenvalue weighted by Crippen LogP contribution is 2.17. The first kappa shape index (κ1) is 16.7. The van der Waals surface area contributed by atoms with Gasteiger partial charge in [-0.3, -0.25) is 9.59 Å². The third kappa shape index (κ3) is 4.91. The monoisotopic (exact) mass is 317 g/mol. The summed E-state index contributed by atoms with van der Waals surface area (Å²) >= 11 is 0. The van der Waals surface area contributed by atoms with Gasteiger partial charge in [-0.15, -0.1) is 10.2 Å². The molecule has 0 fully saturated rings. The van der Waals surface area contributed by atoms with E-state index in [0.717, 1.165) is 5.56 Å². The molecule has 2 aromatic rings. The smallest absolute Gasteiger partial charge is 0.305 e. The first-order chi connectivity index (χ1) is 11.1. The van der Waals surface area contributed by atoms with Crippen LogP contribution in [0.25, 0.3) is 11.5 Å². The molecule has 23 heavy (non-hydrogen) atoms. The van der Waals surface area contributed by atoms with Gasteiger partial charge in [0.05, 0.1) is 6.42 Å². The van der Waals surface area contributed by atoms with E-state index in [1.807, 2.05) is 37.3 Å². The Kier molecular flexibility index (Phi) is 5.85. The van der Waals surface area contributed by atoms with Gasteiger partial charge >= 0.3 is 5.97 Å². The molecule has 0 saturated heterocycles. The second-order valence-corrected chi connectivity index (χ2v) is 4.98. The van der Waals surface area contributed by atoms with Gasteiger partial charge in [0.15, 0.2) is 0 Å². The van der Waals surface area contributed by atoms with E-state index in [4.69, 9.17) is 9.52 Å². The quantitative estimate of drug-likeness (QED) is 0.800. The zero-order chi connectivity index (χ0) is 16.7. The maximum absolute atomic E-state index is 12.1. The van der Waals surface area contributed by atoms with Crippen molar-refractivity contribution < 1.29 is 19.1 Å². The number of rotatable bonds is 8. The van der Waals surface area contributed by atoms with E-state index < -0.39 is 5.97 Å². The number of carboxylic acid groups (broad SMARTS) is 1. The number of aromatic nitrogens is 2. The molecule has 0 bridgehead atoms. The average Bonchev–Trinajstić information content (AvgIpc) is 3.03. The zero-order valence-corrected chi connectivity index (χ0v) is 12.9. The average molecular weight is 317 g/mol. The highest BCUT2D eigenvalue weighted by molar-refractivity contribution is 5.77. The summed E-state index contributed by atoms with van der Waals surface area (Å²) < 4.78 is 5.54. The molecule has 0 aliphatic heterocycles. The van der Waals surface area contributed by atoms with Crippen molar-refractivity contribution in [2.45, 2.75) is 26.2 Å². The van der Waals surface area contributed by atoms with E-state index in [-0.39, 0.29) is 25.3 Å². The molecular weight excluding hydrogens is 298 g/mol. The second-order valence-electron chi connectivity index (χ2n) is 4.98. The number of nitrogens with zero attached hydrogens (tertiary/aromatic N) is 3. The van der Waals surface area contributed by atoms with Gasteiger partial charge in [-0.2, -0.15) is 0 Å². The Balaban J connectivity index is 1.89. The van der Waals surface area contributed by atoms with Gasteiger partial charge in [0.1, 0.15) is 0 Å². The van der Waals surface area contributed by atoms with E-state index in [2.05, 4.69) is 10.2 Å². The fourth-order valence-electron chi connectivity index (χ4n) is 2.11. The number of hydrogen-bond acceptors (Lipinski definition) is 5. The minimum Gasteiger partial charge on any atom is -0.481 e. The van der Waals surface area contributed by atoms with E-state index in [1.54, 1.807) is 0 Å². The lowest BCUT2D eigenvalue weighted by Crippen LogP contribution is -2.33. The summed E-state index contributed by atoms with van der Waals surface area (Å²) in [5, 5.41) is 16.6. The van der Waals surface area contributed by atoms with Crippen LogP contribution in [0, 0.1) is 0 Å². The molecule has 0 atom stereocenters. The molecule has 7 heteroatoms. The molecule has 7 nitrogen and oxygen atoms in total. The fraction of sp³-hybridized carbons (Fsp3) is 0.375. The van der Waals surface area contributed by atoms with Gasteiger partial charge in [0.25, 0.3) is 0 Å². The summed E-state index contributed by atoms with van der Waals surface area (Å²) in [5.41, 5.74) is 0.828. The number of amides is 1. The van der Waals surface area contributed by atoms with Crippen molar-refractivity contribution in [3.63, 3.8) is 0 Å². The van der Waals surface area contributed by atoms with Gasteiger partial charge in [-0.05, 0) is 19.1 Å². The SMILES string of the molecule is CCN(CCC(=O)O)C(=O)CCc1nnc(-c2ccccc2)o1. The van der Waals surface area contributed by atoms with Crippen LogP contribution in [0.3, 0.4) is 0 Å². The minimum atomic E-state index is -0.916. The van der Waals surface area contributed by atoms with E-state index in [1.165, 1.54) is 4.90 Å². The van der Waals surface area contributed by atoms with Crippen molar-refractivity contribution in [3.05, 3.63) is 36.2 Å². The van der Waals surface area contributed by atoms with Gasteiger partial charge in [-0.1, -0.05) is 18.2 Å². The Morgan fingerprint density at radius 2 is 1.91 bits per heavy atom. The summed E-state index contributed by atoms with van der Waals surface area (Å²) in [6.07, 6.45) is 0.490. The van der Waals surface area contributed by atoms with Crippen molar-refractivity contribution in [1.82, 2.24) is 15.1 Å². The van der Waals surface area contributed by atoms with Crippen molar-refractivity contribution in [2.24, 2.45) is 0 Å². The lowest BCUT2D eigenvalue weighted by atomic mass is 10.2. The van der Waals surface area contributed by atoms with Crippen molar-refractivity contribution in [1.29, 1.82) is 0 Å². The molecule has 0 aliphatic carbocycles. The molecule has 1 aromatic carbocycles. The number of carboxylic acids is 1. The lowest BCUT2D eigenvalue weighted by molar-refractivity contribution is -0.138. The first-order valence-corrected chi connectivity index (χ1v) is 7.47. The summed E-state index contributed by atoms with van der Waals surface area (Å²) in [6, 6.07) is 9.39. The molecule has 1 amide bonds. The Morgan fingerprint density at radius 1 is 1.17 bits per heavy atom. The van der Waals surface area contributed by atoms with E-state index >= 15 is 0 Å². The standard InChI is InChI=1S/C16H19N3O4/c1-2-19(11-10-15(21)22)14(20)9-8-13-17-18-16(23-13)12-6-4-3-5-7-12/h3-7H,2,8-11H2,1H3,(H,21,22). The van der Waals surface area contributed by atoms with Crippen LogP contribution in [-0.2, 0) is 16.0 Å². The Hall–Kier alpha value is -2.70. The number of benzene rings is 1. The van der Waals surface area contributed by atoms with Crippen LogP contribution in [0.1, 0.15) is 25.7 Å². The normalized spacial score (nSPS) is 10.5. The summed E-state index contributed by atoms with van der Waals surface area (Å²) in [6.45, 7) is 2.51. The molecule has 122 valence electrons. The molecule has 0 spiro atoms. The zero-order valence-electron chi connectivity index (χ0n) is 12.9. The molecular formula is C16H19N3O4. The molecule has 0 saturated carbocycles. The molecule has 0 radical (unpaired) electrons. The number of carbonyl (C=O) groups is 2. The largest absolute Gasteiger partial charge is 0.481 e. The highest BCUT2D eigenvalue weighted by atomic mass is 16.4. The maximum atomic E-state index is 12.1. The van der Waals surface area contributed by atoms with Crippen LogP contribution in [0.5, 0.6) is 0 Å². The highest BCUT2D eigenvalue weighted by Gasteiger charge is 2.15. The molecule has 1 aromatic heterocycles. The summed E-state index contributed by atoms with van der Waals surface area (Å²) in [4.78, 5) is 24.2. The van der Waals surface area contributed by atoms with Gasteiger partial charge in [0.2, 0.25) is 17.7 Å². The molecule has 0 unspecified atom stereocenters. The van der Waals surface area contributed by atoms with E-state index in [9.17, 15) is 9.59 Å². The van der Waals surface area contributed by atoms with Crippen LogP contribution >= 0.6 is 0 Å². The van der Waals surface area contributed by atoms with Crippen LogP contribution in [0.4, 0.5) is 0 Å². The third-order valence-corrected chi connectivity index (χ3v) is 3.37. The summed E-state index contributed by atoms with van der Waals surface area (Å²) in [5.74, 6) is -0.216. The number of hydrogen-bond donors (Lipinski definition) is 1. The number of aliphatic carboxylic acids is 1. The lowest BCUT2D eigenvalue weighted by Gasteiger charge is -2.19. The van der Waals surface area contributed by atoms with Crippen molar-refractivity contribution in [3.8, 4) is 11.5 Å². The molecule has 2 rings (SSSR count). The third-order valence-electron chi connectivity index (χ3n) is 3.37. The van der Waals surface area contributed by atoms with Crippen LogP contribution in [0.2, 0.25) is 0 Å². The second kappa shape index (κ2) is 8.07. The molecule has 1 N–H and O–H groups in total. The van der Waals surface area contributed by atoms with Gasteiger partial charge in [-0.25, -0.2) is 0 Å². The molecule has 1 heterocycles. The maximum Gasteiger partial charge on any atom is 0.305 e. The van der Waals surface area contributed by atoms with Crippen LogP contribution in [-0.4, -0.2) is 45.2 Å². The van der Waals surface area contributed by atoms with Gasteiger partial charge in [0, 0.05) is 31.5 Å². The minimum absolute atomic E-state index is 0.0572. The number of carbonyl (C=O) groups excluding carboxylic acids is 1.